The number of hydrogen-bond acceptors (Lipinski definition) is 4. The van der Waals surface area contributed by atoms with E-state index in [4.69, 9.17) is 16.0 Å². The lowest BCUT2D eigenvalue weighted by Gasteiger charge is -2.21. The number of amides is 1. The molecule has 0 spiro atoms. The first-order valence-corrected chi connectivity index (χ1v) is 8.83. The van der Waals surface area contributed by atoms with E-state index in [1.807, 2.05) is 24.3 Å². The van der Waals surface area contributed by atoms with Crippen LogP contribution in [0.25, 0.3) is 11.0 Å². The predicted octanol–water partition coefficient (Wildman–Crippen LogP) is 4.72. The molecule has 0 aliphatic heterocycles. The number of aromatic nitrogens is 2. The maximum Gasteiger partial charge on any atom is 0.290 e. The third-order valence-corrected chi connectivity index (χ3v) is 4.43. The lowest BCUT2D eigenvalue weighted by Crippen LogP contribution is -2.29. The van der Waals surface area contributed by atoms with Gasteiger partial charge in [0.15, 0.2) is 5.76 Å². The van der Waals surface area contributed by atoms with Crippen LogP contribution in [0.3, 0.4) is 0 Å². The number of nitrogens with zero attached hydrogens (tertiary/aromatic N) is 3. The third kappa shape index (κ3) is 3.99. The van der Waals surface area contributed by atoms with Crippen LogP contribution in [-0.4, -0.2) is 20.8 Å². The Hall–Kier alpha value is -3.18. The van der Waals surface area contributed by atoms with Crippen LogP contribution in [-0.2, 0) is 13.1 Å². The van der Waals surface area contributed by atoms with E-state index < -0.39 is 0 Å². The monoisotopic (exact) mass is 377 g/mol. The lowest BCUT2D eigenvalue weighted by atomic mass is 10.2. The van der Waals surface area contributed by atoms with Crippen LogP contribution in [0.5, 0.6) is 0 Å². The van der Waals surface area contributed by atoms with Gasteiger partial charge in [-0.15, -0.1) is 0 Å². The highest BCUT2D eigenvalue weighted by atomic mass is 35.5. The van der Waals surface area contributed by atoms with Crippen LogP contribution < -0.4 is 0 Å². The first-order valence-electron chi connectivity index (χ1n) is 8.45. The topological polar surface area (TPSA) is 59.2 Å². The van der Waals surface area contributed by atoms with Crippen LogP contribution in [0.4, 0.5) is 0 Å². The molecule has 0 aliphatic rings. The Labute approximate surface area is 161 Å². The third-order valence-electron chi connectivity index (χ3n) is 4.20. The van der Waals surface area contributed by atoms with E-state index in [1.54, 1.807) is 54.0 Å². The number of pyridine rings is 2. The summed E-state index contributed by atoms with van der Waals surface area (Å²) < 4.78 is 5.76. The van der Waals surface area contributed by atoms with E-state index >= 15 is 0 Å². The molecule has 0 atom stereocenters. The minimum atomic E-state index is -0.192. The number of furan rings is 1. The van der Waals surface area contributed by atoms with E-state index in [2.05, 4.69) is 9.97 Å². The van der Waals surface area contributed by atoms with Gasteiger partial charge in [0, 0.05) is 48.3 Å². The minimum Gasteiger partial charge on any atom is -0.451 e. The van der Waals surface area contributed by atoms with Crippen molar-refractivity contribution in [3.63, 3.8) is 0 Å². The SMILES string of the molecule is O=C(c1cc2cc(Cl)ccc2o1)N(Cc1ccncc1)Cc1cccnc1. The quantitative estimate of drug-likeness (QED) is 0.505. The van der Waals surface area contributed by atoms with E-state index in [-0.39, 0.29) is 11.7 Å². The van der Waals surface area contributed by atoms with Crippen LogP contribution in [0.2, 0.25) is 5.02 Å². The molecule has 0 aliphatic carbocycles. The standard InChI is InChI=1S/C21H16ClN3O2/c22-18-3-4-19-17(10-18)11-20(27-19)21(26)25(13-15-5-8-23-9-6-15)14-16-2-1-7-24-12-16/h1-12H,13-14H2. The number of carbonyl (C=O) groups is 1. The molecule has 0 saturated carbocycles. The van der Waals surface area contributed by atoms with Crippen LogP contribution in [0, 0.1) is 0 Å². The summed E-state index contributed by atoms with van der Waals surface area (Å²) in [5.41, 5.74) is 2.56. The lowest BCUT2D eigenvalue weighted by molar-refractivity contribution is 0.0700. The molecule has 0 fully saturated rings. The molecule has 0 radical (unpaired) electrons. The molecule has 0 N–H and O–H groups in total. The van der Waals surface area contributed by atoms with Crippen molar-refractivity contribution in [3.8, 4) is 0 Å². The first-order chi connectivity index (χ1) is 13.2. The highest BCUT2D eigenvalue weighted by Crippen LogP contribution is 2.24. The van der Waals surface area contributed by atoms with Gasteiger partial charge in [0.05, 0.1) is 0 Å². The molecule has 134 valence electrons. The van der Waals surface area contributed by atoms with Crippen molar-refractivity contribution >= 4 is 28.5 Å². The number of hydrogen-bond donors (Lipinski definition) is 0. The normalized spacial score (nSPS) is 10.9. The van der Waals surface area contributed by atoms with E-state index in [9.17, 15) is 4.79 Å². The number of rotatable bonds is 5. The Bertz CT molecular complexity index is 1020. The Kier molecular flexibility index (Phi) is 4.85. The maximum absolute atomic E-state index is 13.2. The van der Waals surface area contributed by atoms with Gasteiger partial charge in [0.2, 0.25) is 0 Å². The zero-order valence-corrected chi connectivity index (χ0v) is 15.1. The molecule has 5 nitrogen and oxygen atoms in total. The summed E-state index contributed by atoms with van der Waals surface area (Å²) in [6, 6.07) is 14.6. The van der Waals surface area contributed by atoms with Crippen molar-refractivity contribution in [2.75, 3.05) is 0 Å². The fourth-order valence-electron chi connectivity index (χ4n) is 2.90. The second-order valence-corrected chi connectivity index (χ2v) is 6.61. The van der Waals surface area contributed by atoms with Crippen LogP contribution in [0.15, 0.2) is 77.7 Å². The molecule has 1 aromatic carbocycles. The Balaban J connectivity index is 1.66. The van der Waals surface area contributed by atoms with Gasteiger partial charge in [0.1, 0.15) is 5.58 Å². The van der Waals surface area contributed by atoms with Crippen LogP contribution in [0.1, 0.15) is 21.7 Å². The van der Waals surface area contributed by atoms with Crippen molar-refractivity contribution in [2.24, 2.45) is 0 Å². The number of fused-ring (bicyclic) bond motifs is 1. The summed E-state index contributed by atoms with van der Waals surface area (Å²) in [5.74, 6) is 0.0909. The van der Waals surface area contributed by atoms with Crippen molar-refractivity contribution in [3.05, 3.63) is 95.2 Å². The minimum absolute atomic E-state index is 0.192. The molecule has 0 bridgehead atoms. The summed E-state index contributed by atoms with van der Waals surface area (Å²) in [5, 5.41) is 1.40. The first kappa shape index (κ1) is 17.2. The number of carbonyl (C=O) groups excluding carboxylic acids is 1. The summed E-state index contributed by atoms with van der Waals surface area (Å²) in [6.07, 6.45) is 6.89. The van der Waals surface area contributed by atoms with Crippen molar-refractivity contribution in [1.29, 1.82) is 0 Å². The van der Waals surface area contributed by atoms with Crippen LogP contribution >= 0.6 is 11.6 Å². The Morgan fingerprint density at radius 1 is 0.963 bits per heavy atom. The fourth-order valence-corrected chi connectivity index (χ4v) is 3.08. The molecule has 4 rings (SSSR count). The van der Waals surface area contributed by atoms with Gasteiger partial charge < -0.3 is 9.32 Å². The molecule has 0 saturated heterocycles. The summed E-state index contributed by atoms with van der Waals surface area (Å²) in [4.78, 5) is 23.1. The summed E-state index contributed by atoms with van der Waals surface area (Å²) >= 11 is 6.03. The second-order valence-electron chi connectivity index (χ2n) is 6.17. The summed E-state index contributed by atoms with van der Waals surface area (Å²) in [6.45, 7) is 0.862. The van der Waals surface area contributed by atoms with Gasteiger partial charge in [-0.2, -0.15) is 0 Å². The van der Waals surface area contributed by atoms with Gasteiger partial charge in [-0.3, -0.25) is 14.8 Å². The zero-order chi connectivity index (χ0) is 18.6. The average molecular weight is 378 g/mol. The summed E-state index contributed by atoms with van der Waals surface area (Å²) in [7, 11) is 0. The van der Waals surface area contributed by atoms with Gasteiger partial charge in [0.25, 0.3) is 5.91 Å². The number of benzene rings is 1. The largest absolute Gasteiger partial charge is 0.451 e. The molecular formula is C21H16ClN3O2. The van der Waals surface area contributed by atoms with E-state index in [0.717, 1.165) is 16.5 Å². The molecule has 1 amide bonds. The van der Waals surface area contributed by atoms with Gasteiger partial charge in [-0.25, -0.2) is 0 Å². The van der Waals surface area contributed by atoms with E-state index in [1.165, 1.54) is 0 Å². The average Bonchev–Trinajstić information content (AvgIpc) is 3.11. The fraction of sp³-hybridized carbons (Fsp3) is 0.0952. The van der Waals surface area contributed by atoms with Gasteiger partial charge in [-0.05, 0) is 53.6 Å². The van der Waals surface area contributed by atoms with Crippen molar-refractivity contribution in [1.82, 2.24) is 14.9 Å². The second kappa shape index (κ2) is 7.60. The maximum atomic E-state index is 13.2. The molecule has 6 heteroatoms. The van der Waals surface area contributed by atoms with Crippen molar-refractivity contribution < 1.29 is 9.21 Å². The van der Waals surface area contributed by atoms with Gasteiger partial charge >= 0.3 is 0 Å². The van der Waals surface area contributed by atoms with E-state index in [0.29, 0.717) is 23.7 Å². The Morgan fingerprint density at radius 2 is 1.78 bits per heavy atom. The molecule has 3 aromatic heterocycles. The highest BCUT2D eigenvalue weighted by Gasteiger charge is 2.21. The molecule has 0 unspecified atom stereocenters. The predicted molar refractivity (Wildman–Crippen MR) is 103 cm³/mol. The van der Waals surface area contributed by atoms with Gasteiger partial charge in [-0.1, -0.05) is 17.7 Å². The molecular weight excluding hydrogens is 362 g/mol. The molecule has 3 heterocycles. The molecule has 4 aromatic rings. The highest BCUT2D eigenvalue weighted by molar-refractivity contribution is 6.31. The smallest absolute Gasteiger partial charge is 0.290 e. The van der Waals surface area contributed by atoms with Crippen molar-refractivity contribution in [2.45, 2.75) is 13.1 Å². The zero-order valence-electron chi connectivity index (χ0n) is 14.4. The Morgan fingerprint density at radius 3 is 2.56 bits per heavy atom. The molecule has 27 heavy (non-hydrogen) atoms. The number of halogens is 1.